The number of hydrogen-bond donors (Lipinski definition) is 0. The van der Waals surface area contributed by atoms with Crippen LogP contribution in [0.15, 0.2) is 48.5 Å². The van der Waals surface area contributed by atoms with Crippen LogP contribution in [0, 0.1) is 11.3 Å². The summed E-state index contributed by atoms with van der Waals surface area (Å²) in [7, 11) is 0. The molecule has 0 amide bonds. The third-order valence-corrected chi connectivity index (χ3v) is 3.29. The number of nitriles is 1. The van der Waals surface area contributed by atoms with E-state index in [2.05, 4.69) is 52.3 Å². The topological polar surface area (TPSA) is 23.8 Å². The first-order chi connectivity index (χ1) is 8.81. The van der Waals surface area contributed by atoms with Crippen molar-refractivity contribution in [1.82, 2.24) is 0 Å². The molecule has 0 aromatic heterocycles. The third-order valence-electron chi connectivity index (χ3n) is 2.64. The molecule has 0 fully saturated rings. The summed E-state index contributed by atoms with van der Waals surface area (Å²) in [6.45, 7) is 0. The summed E-state index contributed by atoms with van der Waals surface area (Å²) in [6.07, 6.45) is 4.11. The van der Waals surface area contributed by atoms with Crippen LogP contribution < -0.4 is 0 Å². The fourth-order valence-corrected chi connectivity index (χ4v) is 1.95. The lowest BCUT2D eigenvalue weighted by Gasteiger charge is -1.97. The monoisotopic (exact) mass is 297 g/mol. The minimum absolute atomic E-state index is 0.689. The van der Waals surface area contributed by atoms with Crippen molar-refractivity contribution in [2.45, 2.75) is 5.33 Å². The van der Waals surface area contributed by atoms with Crippen LogP contribution in [-0.4, -0.2) is 0 Å². The summed E-state index contributed by atoms with van der Waals surface area (Å²) >= 11 is 3.43. The molecule has 0 aliphatic carbocycles. The van der Waals surface area contributed by atoms with E-state index in [4.69, 9.17) is 5.26 Å². The van der Waals surface area contributed by atoms with Crippen LogP contribution in [0.3, 0.4) is 0 Å². The number of hydrogen-bond acceptors (Lipinski definition) is 1. The van der Waals surface area contributed by atoms with Gasteiger partial charge in [-0.05, 0) is 28.8 Å². The van der Waals surface area contributed by atoms with Crippen molar-refractivity contribution in [1.29, 1.82) is 5.26 Å². The lowest BCUT2D eigenvalue weighted by Crippen LogP contribution is -1.78. The van der Waals surface area contributed by atoms with Gasteiger partial charge in [-0.25, -0.2) is 0 Å². The van der Waals surface area contributed by atoms with Gasteiger partial charge in [-0.15, -0.1) is 0 Å². The average Bonchev–Trinajstić information content (AvgIpc) is 2.46. The molecule has 2 rings (SSSR count). The smallest absolute Gasteiger partial charge is 0.0991 e. The Labute approximate surface area is 116 Å². The van der Waals surface area contributed by atoms with E-state index in [1.165, 1.54) is 11.1 Å². The van der Waals surface area contributed by atoms with Gasteiger partial charge in [-0.3, -0.25) is 0 Å². The predicted octanol–water partition coefficient (Wildman–Crippen LogP) is 4.62. The van der Waals surface area contributed by atoms with Crippen molar-refractivity contribution >= 4 is 28.1 Å². The molecule has 2 heteroatoms. The zero-order valence-electron chi connectivity index (χ0n) is 9.81. The molecule has 0 spiro atoms. The molecular formula is C16H12BrN. The van der Waals surface area contributed by atoms with Gasteiger partial charge < -0.3 is 0 Å². The highest BCUT2D eigenvalue weighted by Gasteiger charge is 1.91. The zero-order valence-corrected chi connectivity index (χ0v) is 11.4. The molecule has 0 aliphatic rings. The molecule has 18 heavy (non-hydrogen) atoms. The van der Waals surface area contributed by atoms with Gasteiger partial charge in [0.25, 0.3) is 0 Å². The summed E-state index contributed by atoms with van der Waals surface area (Å²) < 4.78 is 0. The molecule has 88 valence electrons. The van der Waals surface area contributed by atoms with Crippen LogP contribution >= 0.6 is 15.9 Å². The Morgan fingerprint density at radius 1 is 0.889 bits per heavy atom. The Morgan fingerprint density at radius 2 is 1.39 bits per heavy atom. The minimum Gasteiger partial charge on any atom is -0.192 e. The van der Waals surface area contributed by atoms with Crippen LogP contribution in [-0.2, 0) is 5.33 Å². The molecule has 2 aromatic rings. The molecule has 0 bridgehead atoms. The highest BCUT2D eigenvalue weighted by atomic mass is 79.9. The third kappa shape index (κ3) is 3.32. The lowest BCUT2D eigenvalue weighted by molar-refractivity contribution is 1.43. The second-order valence-electron chi connectivity index (χ2n) is 3.94. The van der Waals surface area contributed by atoms with E-state index in [1.807, 2.05) is 30.3 Å². The Hall–Kier alpha value is -1.85. The SMILES string of the molecule is N#Cc1ccc(C=Cc2ccc(CBr)cc2)cc1. The zero-order chi connectivity index (χ0) is 12.8. The fraction of sp³-hybridized carbons (Fsp3) is 0.0625. The molecule has 0 heterocycles. The van der Waals surface area contributed by atoms with Gasteiger partial charge in [0.1, 0.15) is 0 Å². The largest absolute Gasteiger partial charge is 0.192 e. The molecule has 1 nitrogen and oxygen atoms in total. The van der Waals surface area contributed by atoms with Gasteiger partial charge in [0, 0.05) is 5.33 Å². The van der Waals surface area contributed by atoms with E-state index in [9.17, 15) is 0 Å². The maximum absolute atomic E-state index is 8.71. The molecule has 0 aliphatic heterocycles. The highest BCUT2D eigenvalue weighted by molar-refractivity contribution is 9.08. The number of nitrogens with zero attached hydrogens (tertiary/aromatic N) is 1. The first-order valence-electron chi connectivity index (χ1n) is 5.65. The molecular weight excluding hydrogens is 286 g/mol. The number of rotatable bonds is 3. The van der Waals surface area contributed by atoms with Crippen LogP contribution in [0.1, 0.15) is 22.3 Å². The first-order valence-corrected chi connectivity index (χ1v) is 6.77. The lowest BCUT2D eigenvalue weighted by atomic mass is 10.1. The van der Waals surface area contributed by atoms with E-state index in [1.54, 1.807) is 0 Å². The Morgan fingerprint density at radius 3 is 1.83 bits per heavy atom. The van der Waals surface area contributed by atoms with Gasteiger partial charge in [0.2, 0.25) is 0 Å². The van der Waals surface area contributed by atoms with E-state index in [0.717, 1.165) is 10.9 Å². The van der Waals surface area contributed by atoms with Crippen LogP contribution in [0.2, 0.25) is 0 Å². The fourth-order valence-electron chi connectivity index (χ4n) is 1.58. The van der Waals surface area contributed by atoms with Crippen LogP contribution in [0.25, 0.3) is 12.2 Å². The summed E-state index contributed by atoms with van der Waals surface area (Å²) in [5, 5.41) is 9.60. The van der Waals surface area contributed by atoms with E-state index in [0.29, 0.717) is 5.56 Å². The van der Waals surface area contributed by atoms with Crippen molar-refractivity contribution in [3.05, 3.63) is 70.8 Å². The van der Waals surface area contributed by atoms with Gasteiger partial charge in [0.15, 0.2) is 0 Å². The van der Waals surface area contributed by atoms with Gasteiger partial charge in [-0.2, -0.15) is 5.26 Å². The molecule has 2 aromatic carbocycles. The summed E-state index contributed by atoms with van der Waals surface area (Å²) in [5.41, 5.74) is 4.22. The summed E-state index contributed by atoms with van der Waals surface area (Å²) in [4.78, 5) is 0. The van der Waals surface area contributed by atoms with Gasteiger partial charge in [0.05, 0.1) is 11.6 Å². The van der Waals surface area contributed by atoms with Crippen LogP contribution in [0.5, 0.6) is 0 Å². The molecule has 0 atom stereocenters. The Kier molecular flexibility index (Phi) is 4.33. The van der Waals surface area contributed by atoms with E-state index in [-0.39, 0.29) is 0 Å². The number of halogens is 1. The Balaban J connectivity index is 2.11. The second-order valence-corrected chi connectivity index (χ2v) is 4.50. The maximum Gasteiger partial charge on any atom is 0.0991 e. The van der Waals surface area contributed by atoms with Crippen molar-refractivity contribution in [2.24, 2.45) is 0 Å². The molecule has 0 N–H and O–H groups in total. The quantitative estimate of drug-likeness (QED) is 0.599. The van der Waals surface area contributed by atoms with Gasteiger partial charge in [-0.1, -0.05) is 64.5 Å². The molecule has 0 radical (unpaired) electrons. The maximum atomic E-state index is 8.71. The van der Waals surface area contributed by atoms with Crippen molar-refractivity contribution in [3.63, 3.8) is 0 Å². The molecule has 0 saturated carbocycles. The number of alkyl halides is 1. The highest BCUT2D eigenvalue weighted by Crippen LogP contribution is 2.12. The first kappa shape index (κ1) is 12.6. The summed E-state index contributed by atoms with van der Waals surface area (Å²) in [6, 6.07) is 18.1. The molecule has 0 saturated heterocycles. The van der Waals surface area contributed by atoms with Crippen LogP contribution in [0.4, 0.5) is 0 Å². The van der Waals surface area contributed by atoms with Gasteiger partial charge >= 0.3 is 0 Å². The van der Waals surface area contributed by atoms with E-state index < -0.39 is 0 Å². The standard InChI is InChI=1S/C16H12BrN/c17-11-15-7-3-13(4-8-15)1-2-14-5-9-16(12-18)10-6-14/h1-10H,11H2. The minimum atomic E-state index is 0.689. The summed E-state index contributed by atoms with van der Waals surface area (Å²) in [5.74, 6) is 0. The van der Waals surface area contributed by atoms with Crippen molar-refractivity contribution in [3.8, 4) is 6.07 Å². The average molecular weight is 298 g/mol. The predicted molar refractivity (Wildman–Crippen MR) is 79.2 cm³/mol. The second kappa shape index (κ2) is 6.18. The Bertz CT molecular complexity index is 574. The molecule has 0 unspecified atom stereocenters. The van der Waals surface area contributed by atoms with E-state index >= 15 is 0 Å². The van der Waals surface area contributed by atoms with Crippen molar-refractivity contribution < 1.29 is 0 Å². The number of benzene rings is 2. The normalized spacial score (nSPS) is 10.4. The van der Waals surface area contributed by atoms with Crippen molar-refractivity contribution in [2.75, 3.05) is 0 Å².